The number of carbonyl (C=O) groups is 1. The maximum Gasteiger partial charge on any atom is 0.226 e. The summed E-state index contributed by atoms with van der Waals surface area (Å²) in [5.74, 6) is 2.42. The Labute approximate surface area is 110 Å². The second kappa shape index (κ2) is 5.15. The molecule has 0 aromatic carbocycles. The number of amides is 1. The van der Waals surface area contributed by atoms with Gasteiger partial charge in [-0.1, -0.05) is 6.42 Å². The van der Waals surface area contributed by atoms with Crippen molar-refractivity contribution in [3.05, 3.63) is 0 Å². The van der Waals surface area contributed by atoms with Crippen LogP contribution in [0, 0.1) is 17.8 Å². The topological polar surface area (TPSA) is 32.3 Å². The van der Waals surface area contributed by atoms with Crippen LogP contribution in [0.1, 0.15) is 32.1 Å². The maximum absolute atomic E-state index is 12.3. The summed E-state index contributed by atoms with van der Waals surface area (Å²) in [6, 6.07) is 0.524. The van der Waals surface area contributed by atoms with Crippen molar-refractivity contribution in [1.29, 1.82) is 0 Å². The molecule has 0 aromatic rings. The first-order valence-corrected chi connectivity index (χ1v) is 6.77. The van der Waals surface area contributed by atoms with Gasteiger partial charge in [-0.2, -0.15) is 0 Å². The van der Waals surface area contributed by atoms with Gasteiger partial charge in [-0.05, 0) is 44.6 Å². The van der Waals surface area contributed by atoms with Gasteiger partial charge < -0.3 is 10.2 Å². The lowest BCUT2D eigenvalue weighted by Gasteiger charge is -2.33. The Bertz CT molecular complexity index is 287. The Morgan fingerprint density at radius 3 is 2.53 bits per heavy atom. The zero-order valence-electron chi connectivity index (χ0n) is 10.5. The number of fused-ring (bicyclic) bond motifs is 1. The van der Waals surface area contributed by atoms with E-state index in [1.54, 1.807) is 0 Å². The van der Waals surface area contributed by atoms with E-state index in [0.29, 0.717) is 17.9 Å². The molecule has 3 fully saturated rings. The molecular weight excluding hydrogens is 236 g/mol. The molecule has 1 N–H and O–H groups in total. The molecule has 17 heavy (non-hydrogen) atoms. The molecule has 1 saturated heterocycles. The predicted octanol–water partition coefficient (Wildman–Crippen LogP) is 1.66. The van der Waals surface area contributed by atoms with Gasteiger partial charge in [-0.15, -0.1) is 12.4 Å². The number of likely N-dealkylation sites (tertiary alicyclic amines) is 1. The second-order valence-corrected chi connectivity index (χ2v) is 5.70. The van der Waals surface area contributed by atoms with E-state index in [4.69, 9.17) is 0 Å². The molecule has 3 rings (SSSR count). The minimum absolute atomic E-state index is 0. The third-order valence-corrected chi connectivity index (χ3v) is 4.83. The van der Waals surface area contributed by atoms with E-state index in [-0.39, 0.29) is 12.4 Å². The van der Waals surface area contributed by atoms with Gasteiger partial charge in [-0.25, -0.2) is 0 Å². The summed E-state index contributed by atoms with van der Waals surface area (Å²) in [5, 5.41) is 3.30. The predicted molar refractivity (Wildman–Crippen MR) is 70.2 cm³/mol. The lowest BCUT2D eigenvalue weighted by atomic mass is 10.0. The molecule has 2 aliphatic carbocycles. The number of piperidine rings is 1. The SMILES string of the molecule is CNC1CCCN(C(=O)C2C3CCCC32)C1.Cl. The monoisotopic (exact) mass is 258 g/mol. The summed E-state index contributed by atoms with van der Waals surface area (Å²) in [7, 11) is 2.00. The van der Waals surface area contributed by atoms with Crippen molar-refractivity contribution >= 4 is 18.3 Å². The average Bonchev–Trinajstić information content (AvgIpc) is 2.81. The minimum atomic E-state index is 0. The summed E-state index contributed by atoms with van der Waals surface area (Å²) < 4.78 is 0. The summed E-state index contributed by atoms with van der Waals surface area (Å²) in [6.07, 6.45) is 6.37. The summed E-state index contributed by atoms with van der Waals surface area (Å²) in [4.78, 5) is 14.5. The highest BCUT2D eigenvalue weighted by molar-refractivity contribution is 5.85. The second-order valence-electron chi connectivity index (χ2n) is 5.70. The molecule has 3 aliphatic rings. The molecular formula is C13H23ClN2O. The van der Waals surface area contributed by atoms with Crippen molar-refractivity contribution in [3.63, 3.8) is 0 Å². The third-order valence-electron chi connectivity index (χ3n) is 4.83. The average molecular weight is 259 g/mol. The first kappa shape index (κ1) is 13.2. The van der Waals surface area contributed by atoms with E-state index >= 15 is 0 Å². The fraction of sp³-hybridized carbons (Fsp3) is 0.923. The number of nitrogens with one attached hydrogen (secondary N) is 1. The molecule has 0 aromatic heterocycles. The quantitative estimate of drug-likeness (QED) is 0.817. The Morgan fingerprint density at radius 2 is 1.88 bits per heavy atom. The Morgan fingerprint density at radius 1 is 1.18 bits per heavy atom. The van der Waals surface area contributed by atoms with Crippen LogP contribution in [0.4, 0.5) is 0 Å². The van der Waals surface area contributed by atoms with Crippen LogP contribution in [0.3, 0.4) is 0 Å². The number of halogens is 1. The molecule has 98 valence electrons. The molecule has 3 nitrogen and oxygen atoms in total. The van der Waals surface area contributed by atoms with Gasteiger partial charge >= 0.3 is 0 Å². The number of nitrogens with zero attached hydrogens (tertiary/aromatic N) is 1. The molecule has 1 aliphatic heterocycles. The van der Waals surface area contributed by atoms with Crippen LogP contribution in [-0.4, -0.2) is 37.0 Å². The van der Waals surface area contributed by atoms with Gasteiger partial charge in [0, 0.05) is 25.0 Å². The zero-order valence-corrected chi connectivity index (χ0v) is 11.3. The number of likely N-dealkylation sites (N-methyl/N-ethyl adjacent to an activating group) is 1. The molecule has 1 amide bonds. The van der Waals surface area contributed by atoms with Gasteiger partial charge in [0.1, 0.15) is 0 Å². The minimum Gasteiger partial charge on any atom is -0.341 e. The van der Waals surface area contributed by atoms with Crippen molar-refractivity contribution < 1.29 is 4.79 Å². The van der Waals surface area contributed by atoms with Gasteiger partial charge in [0.25, 0.3) is 0 Å². The molecule has 4 heteroatoms. The van der Waals surface area contributed by atoms with E-state index in [2.05, 4.69) is 10.2 Å². The highest BCUT2D eigenvalue weighted by atomic mass is 35.5. The molecule has 3 unspecified atom stereocenters. The summed E-state index contributed by atoms with van der Waals surface area (Å²) in [6.45, 7) is 1.93. The normalized spacial score (nSPS) is 39.5. The van der Waals surface area contributed by atoms with Crippen LogP contribution in [0.25, 0.3) is 0 Å². The standard InChI is InChI=1S/C13H22N2O.ClH/c1-14-9-4-3-7-15(8-9)13(16)12-10-5-2-6-11(10)12;/h9-12,14H,2-8H2,1H3;1H. The van der Waals surface area contributed by atoms with E-state index in [9.17, 15) is 4.79 Å². The number of hydrogen-bond acceptors (Lipinski definition) is 2. The smallest absolute Gasteiger partial charge is 0.226 e. The maximum atomic E-state index is 12.3. The first-order chi connectivity index (χ1) is 7.81. The fourth-order valence-electron chi connectivity index (χ4n) is 3.81. The van der Waals surface area contributed by atoms with Gasteiger partial charge in [0.15, 0.2) is 0 Å². The van der Waals surface area contributed by atoms with Crippen LogP contribution in [0.2, 0.25) is 0 Å². The molecule has 3 atom stereocenters. The zero-order chi connectivity index (χ0) is 11.1. The molecule has 0 bridgehead atoms. The molecule has 1 heterocycles. The van der Waals surface area contributed by atoms with Crippen molar-refractivity contribution in [2.24, 2.45) is 17.8 Å². The van der Waals surface area contributed by atoms with Crippen molar-refractivity contribution in [1.82, 2.24) is 10.2 Å². The Balaban J connectivity index is 0.00000108. The highest BCUT2D eigenvalue weighted by Crippen LogP contribution is 2.58. The van der Waals surface area contributed by atoms with E-state index in [1.807, 2.05) is 7.05 Å². The van der Waals surface area contributed by atoms with Crippen molar-refractivity contribution in [2.75, 3.05) is 20.1 Å². The largest absolute Gasteiger partial charge is 0.341 e. The molecule has 0 radical (unpaired) electrons. The lowest BCUT2D eigenvalue weighted by Crippen LogP contribution is -2.47. The summed E-state index contributed by atoms with van der Waals surface area (Å²) in [5.41, 5.74) is 0. The van der Waals surface area contributed by atoms with Crippen LogP contribution >= 0.6 is 12.4 Å². The number of hydrogen-bond donors (Lipinski definition) is 1. The summed E-state index contributed by atoms with van der Waals surface area (Å²) >= 11 is 0. The number of carbonyl (C=O) groups excluding carboxylic acids is 1. The van der Waals surface area contributed by atoms with Crippen LogP contribution in [-0.2, 0) is 4.79 Å². The lowest BCUT2D eigenvalue weighted by molar-refractivity contribution is -0.134. The fourth-order valence-corrected chi connectivity index (χ4v) is 3.81. The highest BCUT2D eigenvalue weighted by Gasteiger charge is 2.57. The van der Waals surface area contributed by atoms with Crippen LogP contribution < -0.4 is 5.32 Å². The van der Waals surface area contributed by atoms with Crippen LogP contribution in [0.5, 0.6) is 0 Å². The van der Waals surface area contributed by atoms with E-state index < -0.39 is 0 Å². The van der Waals surface area contributed by atoms with Crippen LogP contribution in [0.15, 0.2) is 0 Å². The Hall–Kier alpha value is -0.280. The molecule has 2 saturated carbocycles. The number of rotatable bonds is 2. The Kier molecular flexibility index (Phi) is 3.99. The van der Waals surface area contributed by atoms with Gasteiger partial charge in [-0.3, -0.25) is 4.79 Å². The van der Waals surface area contributed by atoms with Gasteiger partial charge in [0.2, 0.25) is 5.91 Å². The van der Waals surface area contributed by atoms with Crippen molar-refractivity contribution in [3.8, 4) is 0 Å². The first-order valence-electron chi connectivity index (χ1n) is 6.77. The molecule has 0 spiro atoms. The van der Waals surface area contributed by atoms with E-state index in [1.165, 1.54) is 32.1 Å². The van der Waals surface area contributed by atoms with Gasteiger partial charge in [0.05, 0.1) is 0 Å². The third kappa shape index (κ3) is 2.32. The van der Waals surface area contributed by atoms with Crippen molar-refractivity contribution in [2.45, 2.75) is 38.1 Å². The van der Waals surface area contributed by atoms with E-state index in [0.717, 1.165) is 24.9 Å².